The summed E-state index contributed by atoms with van der Waals surface area (Å²) in [5, 5.41) is 2.85. The van der Waals surface area contributed by atoms with Crippen molar-refractivity contribution >= 4 is 17.5 Å². The Kier molecular flexibility index (Phi) is 7.99. The molecule has 2 amide bonds. The third kappa shape index (κ3) is 7.02. The minimum Gasteiger partial charge on any atom is -0.489 e. The molecule has 6 heteroatoms. The molecule has 2 aromatic carbocycles. The highest BCUT2D eigenvalue weighted by Crippen LogP contribution is 2.25. The Hall–Kier alpha value is -2.89. The molecule has 0 saturated heterocycles. The number of benzene rings is 2. The summed E-state index contributed by atoms with van der Waals surface area (Å²) in [4.78, 5) is 25.8. The van der Waals surface area contributed by atoms with Gasteiger partial charge in [0.2, 0.25) is 11.8 Å². The molecule has 5 nitrogen and oxygen atoms in total. The number of anilines is 1. The van der Waals surface area contributed by atoms with Gasteiger partial charge in [-0.2, -0.15) is 0 Å². The van der Waals surface area contributed by atoms with E-state index in [-0.39, 0.29) is 30.2 Å². The van der Waals surface area contributed by atoms with Crippen LogP contribution in [-0.2, 0) is 16.0 Å². The van der Waals surface area contributed by atoms with Crippen molar-refractivity contribution < 1.29 is 18.7 Å². The van der Waals surface area contributed by atoms with Crippen LogP contribution in [0.4, 0.5) is 10.1 Å². The standard InChI is InChI=1S/C22H27FN2O3/c1-16(2)28-21-7-5-4-6-20(21)24-22(27)13-15-25(17(3)26)14-12-18-8-10-19(23)11-9-18/h4-11,16H,12-15H2,1-3H3,(H,24,27). The van der Waals surface area contributed by atoms with Gasteiger partial charge in [0.15, 0.2) is 0 Å². The maximum Gasteiger partial charge on any atom is 0.226 e. The number of hydrogen-bond acceptors (Lipinski definition) is 3. The molecule has 0 saturated carbocycles. The quantitative estimate of drug-likeness (QED) is 0.708. The molecule has 0 unspecified atom stereocenters. The Morgan fingerprint density at radius 2 is 1.75 bits per heavy atom. The van der Waals surface area contributed by atoms with E-state index in [1.165, 1.54) is 19.1 Å². The Labute approximate surface area is 165 Å². The molecule has 150 valence electrons. The average molecular weight is 386 g/mol. The van der Waals surface area contributed by atoms with E-state index in [2.05, 4.69) is 5.32 Å². The summed E-state index contributed by atoms with van der Waals surface area (Å²) in [5.74, 6) is 0.0439. The van der Waals surface area contributed by atoms with E-state index in [1.807, 2.05) is 26.0 Å². The number of nitrogens with one attached hydrogen (secondary N) is 1. The largest absolute Gasteiger partial charge is 0.489 e. The van der Waals surface area contributed by atoms with Crippen LogP contribution < -0.4 is 10.1 Å². The van der Waals surface area contributed by atoms with Gasteiger partial charge in [-0.05, 0) is 50.1 Å². The first-order chi connectivity index (χ1) is 13.3. The van der Waals surface area contributed by atoms with Gasteiger partial charge in [-0.3, -0.25) is 9.59 Å². The number of ether oxygens (including phenoxy) is 1. The third-order valence-electron chi connectivity index (χ3n) is 4.16. The number of halogens is 1. The molecule has 28 heavy (non-hydrogen) atoms. The Bertz CT molecular complexity index is 791. The number of carbonyl (C=O) groups excluding carboxylic acids is 2. The Balaban J connectivity index is 1.88. The number of rotatable bonds is 9. The zero-order valence-electron chi connectivity index (χ0n) is 16.6. The zero-order valence-corrected chi connectivity index (χ0v) is 16.6. The first-order valence-corrected chi connectivity index (χ1v) is 9.40. The summed E-state index contributed by atoms with van der Waals surface area (Å²) >= 11 is 0. The molecule has 0 aliphatic heterocycles. The van der Waals surface area contributed by atoms with Crippen molar-refractivity contribution in [2.45, 2.75) is 39.7 Å². The maximum atomic E-state index is 13.0. The molecule has 0 heterocycles. The fraction of sp³-hybridized carbons (Fsp3) is 0.364. The van der Waals surface area contributed by atoms with Crippen molar-refractivity contribution in [2.75, 3.05) is 18.4 Å². The van der Waals surface area contributed by atoms with Crippen molar-refractivity contribution in [2.24, 2.45) is 0 Å². The van der Waals surface area contributed by atoms with Gasteiger partial charge in [0.05, 0.1) is 11.8 Å². The number of amides is 2. The van der Waals surface area contributed by atoms with Crippen molar-refractivity contribution in [3.05, 3.63) is 59.9 Å². The number of nitrogens with zero attached hydrogens (tertiary/aromatic N) is 1. The monoisotopic (exact) mass is 386 g/mol. The second-order valence-electron chi connectivity index (χ2n) is 6.84. The lowest BCUT2D eigenvalue weighted by Crippen LogP contribution is -2.33. The van der Waals surface area contributed by atoms with Crippen molar-refractivity contribution in [3.8, 4) is 5.75 Å². The third-order valence-corrected chi connectivity index (χ3v) is 4.16. The van der Waals surface area contributed by atoms with Crippen molar-refractivity contribution in [1.29, 1.82) is 0 Å². The van der Waals surface area contributed by atoms with Gasteiger partial charge < -0.3 is 15.0 Å². The first kappa shape index (κ1) is 21.4. The van der Waals surface area contributed by atoms with E-state index in [0.717, 1.165) is 5.56 Å². The highest BCUT2D eigenvalue weighted by Gasteiger charge is 2.13. The molecule has 0 aromatic heterocycles. The minimum atomic E-state index is -0.287. The van der Waals surface area contributed by atoms with E-state index in [1.54, 1.807) is 29.2 Å². The molecule has 0 aliphatic carbocycles. The van der Waals surface area contributed by atoms with Crippen LogP contribution in [0.2, 0.25) is 0 Å². The molecule has 0 atom stereocenters. The molecule has 2 rings (SSSR count). The maximum absolute atomic E-state index is 13.0. The van der Waals surface area contributed by atoms with Crippen LogP contribution in [0.1, 0.15) is 32.8 Å². The molecular weight excluding hydrogens is 359 g/mol. The zero-order chi connectivity index (χ0) is 20.5. The molecule has 0 radical (unpaired) electrons. The van der Waals surface area contributed by atoms with Crippen LogP contribution in [0.25, 0.3) is 0 Å². The molecule has 0 spiro atoms. The highest BCUT2D eigenvalue weighted by molar-refractivity contribution is 5.92. The molecule has 1 N–H and O–H groups in total. The summed E-state index contributed by atoms with van der Waals surface area (Å²) in [6.45, 7) is 6.11. The predicted molar refractivity (Wildman–Crippen MR) is 108 cm³/mol. The van der Waals surface area contributed by atoms with Gasteiger partial charge in [-0.1, -0.05) is 24.3 Å². The lowest BCUT2D eigenvalue weighted by Gasteiger charge is -2.21. The van der Waals surface area contributed by atoms with E-state index in [4.69, 9.17) is 4.74 Å². The molecular formula is C22H27FN2O3. The normalized spacial score (nSPS) is 10.6. The van der Waals surface area contributed by atoms with Crippen LogP contribution >= 0.6 is 0 Å². The van der Waals surface area contributed by atoms with E-state index < -0.39 is 0 Å². The predicted octanol–water partition coefficient (Wildman–Crippen LogP) is 4.03. The van der Waals surface area contributed by atoms with Gasteiger partial charge in [0.1, 0.15) is 11.6 Å². The van der Waals surface area contributed by atoms with Gasteiger partial charge in [-0.15, -0.1) is 0 Å². The number of para-hydroxylation sites is 2. The Morgan fingerprint density at radius 1 is 1.07 bits per heavy atom. The van der Waals surface area contributed by atoms with E-state index in [0.29, 0.717) is 30.9 Å². The lowest BCUT2D eigenvalue weighted by atomic mass is 10.1. The van der Waals surface area contributed by atoms with Crippen molar-refractivity contribution in [1.82, 2.24) is 4.90 Å². The van der Waals surface area contributed by atoms with Gasteiger partial charge in [0.25, 0.3) is 0 Å². The fourth-order valence-corrected chi connectivity index (χ4v) is 2.72. The average Bonchev–Trinajstić information content (AvgIpc) is 2.64. The summed E-state index contributed by atoms with van der Waals surface area (Å²) in [7, 11) is 0. The summed E-state index contributed by atoms with van der Waals surface area (Å²) < 4.78 is 18.7. The lowest BCUT2D eigenvalue weighted by molar-refractivity contribution is -0.129. The summed E-state index contributed by atoms with van der Waals surface area (Å²) in [5.41, 5.74) is 1.55. The molecule has 0 aliphatic rings. The molecule has 2 aromatic rings. The Morgan fingerprint density at radius 3 is 2.39 bits per heavy atom. The minimum absolute atomic E-state index is 0.00211. The number of hydrogen-bond donors (Lipinski definition) is 1. The number of carbonyl (C=O) groups is 2. The fourth-order valence-electron chi connectivity index (χ4n) is 2.72. The van der Waals surface area contributed by atoms with Crippen LogP contribution in [0, 0.1) is 5.82 Å². The van der Waals surface area contributed by atoms with Gasteiger partial charge in [0, 0.05) is 26.4 Å². The van der Waals surface area contributed by atoms with Gasteiger partial charge >= 0.3 is 0 Å². The first-order valence-electron chi connectivity index (χ1n) is 9.40. The van der Waals surface area contributed by atoms with Crippen LogP contribution in [0.3, 0.4) is 0 Å². The van der Waals surface area contributed by atoms with Crippen LogP contribution in [-0.4, -0.2) is 35.9 Å². The summed E-state index contributed by atoms with van der Waals surface area (Å²) in [6.07, 6.45) is 0.781. The topological polar surface area (TPSA) is 58.6 Å². The van der Waals surface area contributed by atoms with E-state index in [9.17, 15) is 14.0 Å². The SMILES string of the molecule is CC(=O)N(CCC(=O)Nc1ccccc1OC(C)C)CCc1ccc(F)cc1. The molecule has 0 bridgehead atoms. The highest BCUT2D eigenvalue weighted by atomic mass is 19.1. The van der Waals surface area contributed by atoms with Crippen LogP contribution in [0.5, 0.6) is 5.75 Å². The summed E-state index contributed by atoms with van der Waals surface area (Å²) in [6, 6.07) is 13.5. The van der Waals surface area contributed by atoms with Crippen molar-refractivity contribution in [3.63, 3.8) is 0 Å². The van der Waals surface area contributed by atoms with E-state index >= 15 is 0 Å². The second kappa shape index (κ2) is 10.4. The van der Waals surface area contributed by atoms with Gasteiger partial charge in [-0.25, -0.2) is 4.39 Å². The molecule has 0 fully saturated rings. The smallest absolute Gasteiger partial charge is 0.226 e. The second-order valence-corrected chi connectivity index (χ2v) is 6.84. The van der Waals surface area contributed by atoms with Crippen LogP contribution in [0.15, 0.2) is 48.5 Å².